The first-order valence-corrected chi connectivity index (χ1v) is 5.30. The molecule has 0 N–H and O–H groups in total. The van der Waals surface area contributed by atoms with Gasteiger partial charge in [-0.1, -0.05) is 12.7 Å². The summed E-state index contributed by atoms with van der Waals surface area (Å²) in [6, 6.07) is 5.85. The number of fused-ring (bicyclic) bond motifs is 1. The van der Waals surface area contributed by atoms with Crippen molar-refractivity contribution in [2.75, 3.05) is 7.11 Å². The van der Waals surface area contributed by atoms with Gasteiger partial charge in [-0.25, -0.2) is 0 Å². The van der Waals surface area contributed by atoms with E-state index in [1.165, 1.54) is 0 Å². The molecule has 0 saturated carbocycles. The lowest BCUT2D eigenvalue weighted by Gasteiger charge is -2.06. The van der Waals surface area contributed by atoms with Gasteiger partial charge >= 0.3 is 0 Å². The fourth-order valence-electron chi connectivity index (χ4n) is 1.50. The second-order valence-electron chi connectivity index (χ2n) is 3.11. The lowest BCUT2D eigenvalue weighted by molar-refractivity contribution is 0.412. The van der Waals surface area contributed by atoms with Crippen LogP contribution in [-0.4, -0.2) is 12.1 Å². The van der Waals surface area contributed by atoms with E-state index in [1.807, 2.05) is 24.3 Å². The topological polar surface area (TPSA) is 22.1 Å². The maximum atomic E-state index is 5.21. The number of hydrogen-bond acceptors (Lipinski definition) is 2. The van der Waals surface area contributed by atoms with Crippen molar-refractivity contribution in [1.82, 2.24) is 4.98 Å². The highest BCUT2D eigenvalue weighted by molar-refractivity contribution is 9.10. The summed E-state index contributed by atoms with van der Waals surface area (Å²) in [5, 5.41) is 1.07. The van der Waals surface area contributed by atoms with Crippen molar-refractivity contribution in [3.05, 3.63) is 41.0 Å². The minimum Gasteiger partial charge on any atom is -0.495 e. The van der Waals surface area contributed by atoms with Crippen LogP contribution in [0, 0.1) is 0 Å². The molecule has 3 heteroatoms. The van der Waals surface area contributed by atoms with Crippen LogP contribution < -0.4 is 4.74 Å². The van der Waals surface area contributed by atoms with Gasteiger partial charge in [-0.2, -0.15) is 0 Å². The molecular weight excluding hydrogens is 254 g/mol. The number of halogens is 1. The predicted octanol–water partition coefficient (Wildman–Crippen LogP) is 3.65. The molecule has 15 heavy (non-hydrogen) atoms. The van der Waals surface area contributed by atoms with E-state index in [0.29, 0.717) is 0 Å². The molecule has 0 aliphatic carbocycles. The number of aromatic nitrogens is 1. The monoisotopic (exact) mass is 263 g/mol. The standard InChI is InChI=1S/C12H10BrNO/c1-3-8-4-5-14-11-7-12(15-2)10(13)6-9(8)11/h3-7H,1H2,2H3. The van der Waals surface area contributed by atoms with Crippen molar-refractivity contribution in [2.24, 2.45) is 0 Å². The molecule has 0 saturated heterocycles. The zero-order valence-electron chi connectivity index (χ0n) is 8.33. The van der Waals surface area contributed by atoms with E-state index in [2.05, 4.69) is 27.5 Å². The van der Waals surface area contributed by atoms with E-state index < -0.39 is 0 Å². The Bertz CT molecular complexity index is 522. The average molecular weight is 264 g/mol. The second kappa shape index (κ2) is 4.03. The van der Waals surface area contributed by atoms with E-state index in [4.69, 9.17) is 4.74 Å². The first kappa shape index (κ1) is 10.2. The van der Waals surface area contributed by atoms with E-state index in [0.717, 1.165) is 26.7 Å². The van der Waals surface area contributed by atoms with Gasteiger partial charge in [0.2, 0.25) is 0 Å². The van der Waals surface area contributed by atoms with Gasteiger partial charge in [0.15, 0.2) is 0 Å². The molecule has 0 spiro atoms. The molecule has 2 nitrogen and oxygen atoms in total. The molecule has 0 unspecified atom stereocenters. The lowest BCUT2D eigenvalue weighted by Crippen LogP contribution is -1.88. The summed E-state index contributed by atoms with van der Waals surface area (Å²) in [5.74, 6) is 0.788. The Balaban J connectivity index is 2.80. The zero-order valence-corrected chi connectivity index (χ0v) is 9.91. The van der Waals surface area contributed by atoms with Crippen LogP contribution in [-0.2, 0) is 0 Å². The van der Waals surface area contributed by atoms with Crippen LogP contribution in [0.25, 0.3) is 17.0 Å². The summed E-state index contributed by atoms with van der Waals surface area (Å²) >= 11 is 3.45. The molecule has 76 valence electrons. The number of nitrogens with zero attached hydrogens (tertiary/aromatic N) is 1. The van der Waals surface area contributed by atoms with Gasteiger partial charge < -0.3 is 4.74 Å². The van der Waals surface area contributed by atoms with Crippen LogP contribution in [0.1, 0.15) is 5.56 Å². The molecule has 0 aliphatic rings. The molecule has 2 aromatic rings. The van der Waals surface area contributed by atoms with Gasteiger partial charge in [0.05, 0.1) is 17.1 Å². The van der Waals surface area contributed by atoms with Crippen molar-refractivity contribution in [3.63, 3.8) is 0 Å². The number of pyridine rings is 1. The Morgan fingerprint density at radius 1 is 1.47 bits per heavy atom. The number of benzene rings is 1. The smallest absolute Gasteiger partial charge is 0.135 e. The normalized spacial score (nSPS) is 10.3. The van der Waals surface area contributed by atoms with Crippen molar-refractivity contribution < 1.29 is 4.74 Å². The summed E-state index contributed by atoms with van der Waals surface area (Å²) < 4.78 is 6.14. The Hall–Kier alpha value is -1.35. The van der Waals surface area contributed by atoms with Crippen LogP contribution >= 0.6 is 15.9 Å². The summed E-state index contributed by atoms with van der Waals surface area (Å²) in [5.41, 5.74) is 1.98. The van der Waals surface area contributed by atoms with Crippen molar-refractivity contribution in [2.45, 2.75) is 0 Å². The van der Waals surface area contributed by atoms with Crippen LogP contribution in [0.15, 0.2) is 35.4 Å². The van der Waals surface area contributed by atoms with Crippen LogP contribution in [0.2, 0.25) is 0 Å². The number of methoxy groups -OCH3 is 1. The van der Waals surface area contributed by atoms with Gasteiger partial charge in [0, 0.05) is 17.6 Å². The van der Waals surface area contributed by atoms with Crippen molar-refractivity contribution in [1.29, 1.82) is 0 Å². The van der Waals surface area contributed by atoms with Crippen molar-refractivity contribution >= 4 is 32.9 Å². The SMILES string of the molecule is C=Cc1ccnc2cc(OC)c(Br)cc12. The van der Waals surface area contributed by atoms with Gasteiger partial charge in [0.25, 0.3) is 0 Å². The van der Waals surface area contributed by atoms with E-state index in [-0.39, 0.29) is 0 Å². The molecule has 0 aliphatic heterocycles. The van der Waals surface area contributed by atoms with Crippen LogP contribution in [0.4, 0.5) is 0 Å². The Kier molecular flexibility index (Phi) is 2.73. The maximum absolute atomic E-state index is 5.21. The first-order valence-electron chi connectivity index (χ1n) is 4.51. The highest BCUT2D eigenvalue weighted by Crippen LogP contribution is 2.30. The molecule has 0 amide bonds. The molecule has 2 rings (SSSR count). The summed E-state index contributed by atoms with van der Waals surface area (Å²) in [7, 11) is 1.64. The fourth-order valence-corrected chi connectivity index (χ4v) is 2.01. The fraction of sp³-hybridized carbons (Fsp3) is 0.0833. The molecule has 1 aromatic carbocycles. The van der Waals surface area contributed by atoms with E-state index >= 15 is 0 Å². The molecule has 0 atom stereocenters. The Morgan fingerprint density at radius 3 is 2.93 bits per heavy atom. The maximum Gasteiger partial charge on any atom is 0.135 e. The lowest BCUT2D eigenvalue weighted by atomic mass is 10.1. The molecule has 0 fully saturated rings. The summed E-state index contributed by atoms with van der Waals surface area (Å²) in [6.07, 6.45) is 3.59. The molecular formula is C12H10BrNO. The minimum atomic E-state index is 0.788. The molecule has 1 aromatic heterocycles. The minimum absolute atomic E-state index is 0.788. The van der Waals surface area contributed by atoms with Gasteiger partial charge in [-0.15, -0.1) is 0 Å². The highest BCUT2D eigenvalue weighted by Gasteiger charge is 2.05. The zero-order chi connectivity index (χ0) is 10.8. The molecule has 1 heterocycles. The first-order chi connectivity index (χ1) is 7.26. The van der Waals surface area contributed by atoms with Gasteiger partial charge in [0.1, 0.15) is 5.75 Å². The van der Waals surface area contributed by atoms with Crippen LogP contribution in [0.5, 0.6) is 5.75 Å². The quantitative estimate of drug-likeness (QED) is 0.826. The molecule has 0 radical (unpaired) electrons. The van der Waals surface area contributed by atoms with E-state index in [9.17, 15) is 0 Å². The van der Waals surface area contributed by atoms with Gasteiger partial charge in [-0.05, 0) is 33.6 Å². The third kappa shape index (κ3) is 1.75. The Morgan fingerprint density at radius 2 is 2.27 bits per heavy atom. The van der Waals surface area contributed by atoms with Gasteiger partial charge in [-0.3, -0.25) is 4.98 Å². The van der Waals surface area contributed by atoms with Crippen molar-refractivity contribution in [3.8, 4) is 5.75 Å². The third-order valence-corrected chi connectivity index (χ3v) is 2.89. The number of ether oxygens (including phenoxy) is 1. The highest BCUT2D eigenvalue weighted by atomic mass is 79.9. The number of hydrogen-bond donors (Lipinski definition) is 0. The van der Waals surface area contributed by atoms with Crippen LogP contribution in [0.3, 0.4) is 0 Å². The average Bonchev–Trinajstić information content (AvgIpc) is 2.27. The third-order valence-electron chi connectivity index (χ3n) is 2.27. The summed E-state index contributed by atoms with van der Waals surface area (Å²) in [4.78, 5) is 4.29. The number of rotatable bonds is 2. The Labute approximate surface area is 96.7 Å². The second-order valence-corrected chi connectivity index (χ2v) is 3.96. The largest absolute Gasteiger partial charge is 0.495 e. The molecule has 0 bridgehead atoms. The predicted molar refractivity (Wildman–Crippen MR) is 66.1 cm³/mol. The van der Waals surface area contributed by atoms with E-state index in [1.54, 1.807) is 13.3 Å². The summed E-state index contributed by atoms with van der Waals surface area (Å²) in [6.45, 7) is 3.78.